The minimum absolute atomic E-state index is 0.184. The van der Waals surface area contributed by atoms with Crippen molar-refractivity contribution >= 4 is 17.9 Å². The van der Waals surface area contributed by atoms with Crippen LogP contribution in [0.25, 0.3) is 0 Å². The van der Waals surface area contributed by atoms with Crippen LogP contribution in [0.2, 0.25) is 0 Å². The predicted octanol–water partition coefficient (Wildman–Crippen LogP) is 21.3. The molecule has 0 aliphatic carbocycles. The van der Waals surface area contributed by atoms with Gasteiger partial charge in [0.25, 0.3) is 6.29 Å². The molecule has 9 nitrogen and oxygen atoms in total. The predicted molar refractivity (Wildman–Crippen MR) is 350 cm³/mol. The van der Waals surface area contributed by atoms with E-state index in [2.05, 4.69) is 86.8 Å². The average Bonchev–Trinajstić information content (AvgIpc) is 3.45. The van der Waals surface area contributed by atoms with E-state index in [-0.39, 0.29) is 32.2 Å². The zero-order chi connectivity index (χ0) is 59.8. The lowest BCUT2D eigenvalue weighted by Gasteiger charge is -2.25. The Bertz CT molecular complexity index is 1570. The molecular formula is C73H132NO8+. The van der Waals surface area contributed by atoms with E-state index in [1.54, 1.807) is 0 Å². The van der Waals surface area contributed by atoms with Crippen LogP contribution in [0.1, 0.15) is 316 Å². The summed E-state index contributed by atoms with van der Waals surface area (Å²) >= 11 is 0. The van der Waals surface area contributed by atoms with E-state index in [1.807, 2.05) is 21.1 Å². The number of allylic oxidation sites excluding steroid dienone is 12. The molecule has 0 saturated heterocycles. The molecule has 2 unspecified atom stereocenters. The second-order valence-corrected chi connectivity index (χ2v) is 24.5. The number of carboxylic acid groups (broad SMARTS) is 1. The number of likely N-dealkylation sites (N-methyl/N-ethyl adjacent to an activating group) is 1. The van der Waals surface area contributed by atoms with Crippen molar-refractivity contribution in [2.24, 2.45) is 0 Å². The van der Waals surface area contributed by atoms with Gasteiger partial charge in [-0.3, -0.25) is 9.59 Å². The van der Waals surface area contributed by atoms with Crippen LogP contribution in [0.3, 0.4) is 0 Å². The van der Waals surface area contributed by atoms with Crippen molar-refractivity contribution in [3.8, 4) is 0 Å². The van der Waals surface area contributed by atoms with Gasteiger partial charge in [-0.05, 0) is 64.2 Å². The van der Waals surface area contributed by atoms with Crippen LogP contribution in [0, 0.1) is 0 Å². The third kappa shape index (κ3) is 64.3. The lowest BCUT2D eigenvalue weighted by Crippen LogP contribution is -2.40. The van der Waals surface area contributed by atoms with Crippen molar-refractivity contribution in [1.29, 1.82) is 0 Å². The van der Waals surface area contributed by atoms with E-state index in [0.29, 0.717) is 23.9 Å². The lowest BCUT2D eigenvalue weighted by atomic mass is 10.0. The molecule has 0 aromatic heterocycles. The maximum absolute atomic E-state index is 12.9. The molecule has 1 N–H and O–H groups in total. The number of esters is 2. The molecule has 2 atom stereocenters. The number of carbonyl (C=O) groups is 3. The van der Waals surface area contributed by atoms with Crippen molar-refractivity contribution in [3.05, 3.63) is 72.9 Å². The number of carbonyl (C=O) groups excluding carboxylic acids is 2. The first-order valence-electron chi connectivity index (χ1n) is 34.6. The molecule has 0 heterocycles. The zero-order valence-electron chi connectivity index (χ0n) is 54.4. The summed E-state index contributed by atoms with van der Waals surface area (Å²) in [5.41, 5.74) is 0. The fourth-order valence-electron chi connectivity index (χ4n) is 9.96. The van der Waals surface area contributed by atoms with Gasteiger partial charge in [-0.25, -0.2) is 4.79 Å². The van der Waals surface area contributed by atoms with E-state index >= 15 is 0 Å². The largest absolute Gasteiger partial charge is 0.477 e. The third-order valence-corrected chi connectivity index (χ3v) is 15.2. The summed E-state index contributed by atoms with van der Waals surface area (Å²) in [7, 11) is 5.98. The van der Waals surface area contributed by atoms with Crippen molar-refractivity contribution in [1.82, 2.24) is 0 Å². The Morgan fingerprint density at radius 1 is 0.378 bits per heavy atom. The number of aliphatic carboxylic acids is 1. The topological polar surface area (TPSA) is 108 Å². The smallest absolute Gasteiger partial charge is 0.361 e. The van der Waals surface area contributed by atoms with Crippen LogP contribution in [-0.2, 0) is 33.3 Å². The second-order valence-electron chi connectivity index (χ2n) is 24.5. The van der Waals surface area contributed by atoms with Gasteiger partial charge in [0.05, 0.1) is 34.4 Å². The van der Waals surface area contributed by atoms with Gasteiger partial charge in [-0.15, -0.1) is 0 Å². The summed E-state index contributed by atoms with van der Waals surface area (Å²) in [6.07, 6.45) is 81.6. The molecule has 476 valence electrons. The summed E-state index contributed by atoms with van der Waals surface area (Å²) in [6.45, 7) is 4.80. The highest BCUT2D eigenvalue weighted by Crippen LogP contribution is 2.18. The highest BCUT2D eigenvalue weighted by atomic mass is 16.7. The maximum atomic E-state index is 12.9. The number of ether oxygens (including phenoxy) is 4. The summed E-state index contributed by atoms with van der Waals surface area (Å²) in [6, 6.07) is 0. The normalized spacial score (nSPS) is 13.1. The van der Waals surface area contributed by atoms with E-state index in [0.717, 1.165) is 83.5 Å². The van der Waals surface area contributed by atoms with Crippen molar-refractivity contribution in [2.75, 3.05) is 47.5 Å². The minimum atomic E-state index is -1.52. The van der Waals surface area contributed by atoms with Crippen LogP contribution in [0.15, 0.2) is 72.9 Å². The molecule has 0 aromatic rings. The quantitative estimate of drug-likeness (QED) is 0.0211. The van der Waals surface area contributed by atoms with Crippen LogP contribution in [-0.4, -0.2) is 87.4 Å². The fourth-order valence-corrected chi connectivity index (χ4v) is 9.96. The number of carboxylic acids is 1. The zero-order valence-corrected chi connectivity index (χ0v) is 54.4. The Morgan fingerprint density at radius 3 is 1.04 bits per heavy atom. The van der Waals surface area contributed by atoms with Gasteiger partial charge < -0.3 is 28.5 Å². The Balaban J connectivity index is 4.12. The minimum Gasteiger partial charge on any atom is -0.477 e. The van der Waals surface area contributed by atoms with Crippen LogP contribution in [0.4, 0.5) is 0 Å². The molecule has 0 fully saturated rings. The number of unbranched alkanes of at least 4 members (excludes halogenated alkanes) is 37. The highest BCUT2D eigenvalue weighted by molar-refractivity contribution is 5.71. The second kappa shape index (κ2) is 63.7. The monoisotopic (exact) mass is 1150 g/mol. The molecule has 0 bridgehead atoms. The molecule has 0 radical (unpaired) electrons. The third-order valence-electron chi connectivity index (χ3n) is 15.2. The molecule has 82 heavy (non-hydrogen) atoms. The van der Waals surface area contributed by atoms with Crippen molar-refractivity contribution < 1.29 is 42.9 Å². The Kier molecular flexibility index (Phi) is 61.2. The van der Waals surface area contributed by atoms with Gasteiger partial charge in [-0.1, -0.05) is 311 Å². The standard InChI is InChI=1S/C73H131NO8/c1-6-8-10-12-14-16-18-20-22-24-26-28-30-32-34-35-36-38-39-41-43-45-47-49-51-53-55-57-59-61-63-70(75)80-67-69(68-81-73(72(77)78)79-66-65-74(3,4)5)82-71(76)64-62-60-58-56-54-52-50-48-46-44-42-40-37-33-31-29-27-25-23-21-19-17-15-13-11-9-7-2/h9,11,15,17,21,23,27,29,33,37,42,44,69,73H,6-8,10,12-14,16,18-20,22,24-26,28,30-32,34-36,38-41,43,45-68H2,1-5H3/p+1/b11-9-,17-15-,23-21-,29-27-,37-33-,44-42-. The molecule has 0 spiro atoms. The van der Waals surface area contributed by atoms with Crippen LogP contribution < -0.4 is 0 Å². The van der Waals surface area contributed by atoms with E-state index in [1.165, 1.54) is 199 Å². The SMILES string of the molecule is CC/C=C\C/C=C\C/C=C\C/C=C\C/C=C\C/C=C\CCCCCCCCCCC(=O)OC(COC(=O)CCCCCCCCCCCCCCCCCCCCCCCCCCCCCCCC)COC(OCC[N+](C)(C)C)C(=O)O. The number of hydrogen-bond donors (Lipinski definition) is 1. The Morgan fingerprint density at radius 2 is 0.695 bits per heavy atom. The number of rotatable bonds is 64. The molecule has 0 saturated carbocycles. The molecule has 0 aromatic carbocycles. The first-order chi connectivity index (χ1) is 40.1. The maximum Gasteiger partial charge on any atom is 0.361 e. The van der Waals surface area contributed by atoms with Gasteiger partial charge in [0, 0.05) is 12.8 Å². The number of nitrogens with zero attached hydrogens (tertiary/aromatic N) is 1. The average molecular weight is 1150 g/mol. The van der Waals surface area contributed by atoms with E-state index < -0.39 is 24.3 Å². The Labute approximate surface area is 507 Å². The number of quaternary nitrogens is 1. The highest BCUT2D eigenvalue weighted by Gasteiger charge is 2.25. The molecule has 0 aliphatic heterocycles. The van der Waals surface area contributed by atoms with Gasteiger partial charge in [0.15, 0.2) is 6.10 Å². The molecule has 0 amide bonds. The molecular weight excluding hydrogens is 1020 g/mol. The van der Waals surface area contributed by atoms with Gasteiger partial charge in [0.2, 0.25) is 0 Å². The first-order valence-corrected chi connectivity index (χ1v) is 34.6. The lowest BCUT2D eigenvalue weighted by molar-refractivity contribution is -0.870. The first kappa shape index (κ1) is 78.7. The number of hydrogen-bond acceptors (Lipinski definition) is 7. The summed E-state index contributed by atoms with van der Waals surface area (Å²) in [4.78, 5) is 37.6. The van der Waals surface area contributed by atoms with Crippen molar-refractivity contribution in [2.45, 2.75) is 328 Å². The fraction of sp³-hybridized carbons (Fsp3) is 0.795. The van der Waals surface area contributed by atoms with E-state index in [9.17, 15) is 19.5 Å². The Hall–Kier alpha value is -3.27. The van der Waals surface area contributed by atoms with Gasteiger partial charge in [0.1, 0.15) is 13.2 Å². The molecule has 9 heteroatoms. The van der Waals surface area contributed by atoms with Gasteiger partial charge in [-0.2, -0.15) is 0 Å². The van der Waals surface area contributed by atoms with Crippen molar-refractivity contribution in [3.63, 3.8) is 0 Å². The van der Waals surface area contributed by atoms with Crippen LogP contribution >= 0.6 is 0 Å². The van der Waals surface area contributed by atoms with Crippen LogP contribution in [0.5, 0.6) is 0 Å². The molecule has 0 rings (SSSR count). The molecule has 0 aliphatic rings. The summed E-state index contributed by atoms with van der Waals surface area (Å²) in [5.74, 6) is -2.00. The summed E-state index contributed by atoms with van der Waals surface area (Å²) < 4.78 is 23.0. The van der Waals surface area contributed by atoms with E-state index in [4.69, 9.17) is 18.9 Å². The summed E-state index contributed by atoms with van der Waals surface area (Å²) in [5, 5.41) is 9.74. The van der Waals surface area contributed by atoms with Gasteiger partial charge >= 0.3 is 17.9 Å².